The summed E-state index contributed by atoms with van der Waals surface area (Å²) in [4.78, 5) is 42.3. The molecule has 0 aromatic heterocycles. The van der Waals surface area contributed by atoms with Crippen LogP contribution in [0.2, 0.25) is 0 Å². The van der Waals surface area contributed by atoms with E-state index in [1.807, 2.05) is 6.08 Å². The monoisotopic (exact) mass is 1120 g/mol. The number of hydroxylamine groups is 1. The predicted octanol–water partition coefficient (Wildman–Crippen LogP) is 23.5. The minimum atomic E-state index is -0.167. The maximum atomic E-state index is 12.3. The van der Waals surface area contributed by atoms with Crippen molar-refractivity contribution in [3.05, 3.63) is 12.2 Å². The Bertz CT molecular complexity index is 1220. The van der Waals surface area contributed by atoms with Gasteiger partial charge in [-0.2, -0.15) is 5.48 Å². The molecule has 0 aliphatic rings. The van der Waals surface area contributed by atoms with Gasteiger partial charge >= 0.3 is 11.9 Å². The van der Waals surface area contributed by atoms with E-state index in [1.54, 1.807) is 6.08 Å². The molecule has 0 aromatic rings. The van der Waals surface area contributed by atoms with E-state index in [1.165, 1.54) is 250 Å². The van der Waals surface area contributed by atoms with Crippen molar-refractivity contribution in [3.8, 4) is 0 Å². The summed E-state index contributed by atoms with van der Waals surface area (Å²) in [5.41, 5.74) is 3.44. The molecular formula is C72H141NO6. The molecule has 0 saturated carbocycles. The van der Waals surface area contributed by atoms with E-state index in [4.69, 9.17) is 14.3 Å². The molecule has 0 saturated heterocycles. The van der Waals surface area contributed by atoms with Gasteiger partial charge in [-0.25, -0.2) is 4.79 Å². The third-order valence-corrected chi connectivity index (χ3v) is 16.5. The van der Waals surface area contributed by atoms with Gasteiger partial charge in [-0.15, -0.1) is 0 Å². The summed E-state index contributed by atoms with van der Waals surface area (Å²) in [5, 5.41) is 0. The van der Waals surface area contributed by atoms with Crippen molar-refractivity contribution in [3.63, 3.8) is 0 Å². The largest absolute Gasteiger partial charge is 0.466 e. The second-order valence-corrected chi connectivity index (χ2v) is 24.4. The Balaban J connectivity index is 0. The maximum Gasteiger partial charge on any atom is 0.330 e. The summed E-state index contributed by atoms with van der Waals surface area (Å²) in [7, 11) is 0. The molecular weight excluding hydrogens is 975 g/mol. The average molecular weight is 1120 g/mol. The van der Waals surface area contributed by atoms with Gasteiger partial charge in [0.05, 0.1) is 19.8 Å². The van der Waals surface area contributed by atoms with Gasteiger partial charge in [-0.3, -0.25) is 9.59 Å². The zero-order valence-electron chi connectivity index (χ0n) is 54.6. The molecule has 0 heterocycles. The lowest BCUT2D eigenvalue weighted by atomic mass is 9.92. The van der Waals surface area contributed by atoms with Gasteiger partial charge in [-0.1, -0.05) is 318 Å². The molecule has 7 heteroatoms. The Hall–Kier alpha value is -1.73. The first-order valence-electron chi connectivity index (χ1n) is 35.7. The SMILES string of the molecule is CCCCCCCCCCC(=O)CCCCCCC(=O)OCCC(CCCCC)CCCCC.CCCCCCCCCCONC(CCCCC=CC(=O)OCCC(CCCCC)CCCCC)CCCCCCCCCC. The van der Waals surface area contributed by atoms with Gasteiger partial charge < -0.3 is 14.3 Å². The van der Waals surface area contributed by atoms with Crippen molar-refractivity contribution in [2.75, 3.05) is 19.8 Å². The molecule has 0 fully saturated rings. The lowest BCUT2D eigenvalue weighted by Gasteiger charge is -2.18. The summed E-state index contributed by atoms with van der Waals surface area (Å²) in [6.45, 7) is 17.8. The molecule has 1 N–H and O–H groups in total. The first kappa shape index (κ1) is 79.3. The number of hydrogen-bond acceptors (Lipinski definition) is 7. The fourth-order valence-electron chi connectivity index (χ4n) is 11.0. The van der Waals surface area contributed by atoms with Gasteiger partial charge in [0.1, 0.15) is 5.78 Å². The number of ether oxygens (including phenoxy) is 2. The van der Waals surface area contributed by atoms with Crippen molar-refractivity contribution < 1.29 is 28.7 Å². The van der Waals surface area contributed by atoms with Crippen LogP contribution in [0.4, 0.5) is 0 Å². The number of ketones is 1. The Morgan fingerprint density at radius 3 is 1.09 bits per heavy atom. The molecule has 0 aliphatic carbocycles. The smallest absolute Gasteiger partial charge is 0.330 e. The summed E-state index contributed by atoms with van der Waals surface area (Å²) < 4.78 is 11.1. The minimum Gasteiger partial charge on any atom is -0.466 e. The molecule has 1 atom stereocenters. The maximum absolute atomic E-state index is 12.3. The molecule has 0 bridgehead atoms. The third kappa shape index (κ3) is 65.3. The second-order valence-electron chi connectivity index (χ2n) is 24.4. The second kappa shape index (κ2) is 68.8. The molecule has 0 aromatic carbocycles. The Morgan fingerprint density at radius 1 is 0.329 bits per heavy atom. The Kier molecular flexibility index (Phi) is 69.1. The van der Waals surface area contributed by atoms with Crippen LogP contribution in [0.1, 0.15) is 395 Å². The van der Waals surface area contributed by atoms with Crippen LogP contribution in [0, 0.1) is 11.8 Å². The molecule has 0 rings (SSSR count). The molecule has 79 heavy (non-hydrogen) atoms. The van der Waals surface area contributed by atoms with Crippen LogP contribution in [0.3, 0.4) is 0 Å². The van der Waals surface area contributed by atoms with Crippen molar-refractivity contribution in [1.29, 1.82) is 0 Å². The van der Waals surface area contributed by atoms with Crippen LogP contribution in [-0.2, 0) is 28.7 Å². The number of rotatable bonds is 64. The summed E-state index contributed by atoms with van der Waals surface area (Å²) in [6, 6.07) is 0.440. The highest BCUT2D eigenvalue weighted by atomic mass is 16.6. The number of nitrogens with one attached hydrogen (secondary N) is 1. The normalized spacial score (nSPS) is 12.0. The van der Waals surface area contributed by atoms with Gasteiger partial charge in [0.2, 0.25) is 0 Å². The standard InChI is InChI=1S/C41H81NO3.C31H60O3/c1-5-9-13-15-17-19-21-27-33-40(42-45-37-30-24-20-18-16-14-10-6-2)34-28-22-23-29-35-41(43)44-38-36-39(31-25-11-7-3)32-26-12-8-4;1-4-7-10-11-12-13-14-19-24-30(32)25-20-15-16-21-26-31(33)34-28-27-29(22-17-8-5-2)23-18-9-6-3/h29,35,39-40,42H,5-28,30-34,36-38H2,1-4H3;29H,4-28H2,1-3H3. The Labute approximate surface area is 494 Å². The third-order valence-electron chi connectivity index (χ3n) is 16.5. The van der Waals surface area contributed by atoms with Crippen LogP contribution in [-0.4, -0.2) is 43.6 Å². The van der Waals surface area contributed by atoms with Gasteiger partial charge in [0, 0.05) is 31.4 Å². The first-order valence-corrected chi connectivity index (χ1v) is 35.7. The van der Waals surface area contributed by atoms with Crippen LogP contribution < -0.4 is 5.48 Å². The number of unbranched alkanes of at least 4 members (excludes halogenated alkanes) is 34. The summed E-state index contributed by atoms with van der Waals surface area (Å²) in [6.07, 6.45) is 69.7. The molecule has 0 aliphatic heterocycles. The van der Waals surface area contributed by atoms with Crippen molar-refractivity contribution in [2.24, 2.45) is 11.8 Å². The lowest BCUT2D eigenvalue weighted by Crippen LogP contribution is -2.29. The Morgan fingerprint density at radius 2 is 0.658 bits per heavy atom. The number of carbonyl (C=O) groups is 3. The van der Waals surface area contributed by atoms with Crippen LogP contribution in [0.25, 0.3) is 0 Å². The molecule has 470 valence electrons. The molecule has 0 amide bonds. The predicted molar refractivity (Wildman–Crippen MR) is 345 cm³/mol. The van der Waals surface area contributed by atoms with E-state index in [0.29, 0.717) is 43.3 Å². The van der Waals surface area contributed by atoms with Crippen LogP contribution in [0.5, 0.6) is 0 Å². The minimum absolute atomic E-state index is 0.0355. The van der Waals surface area contributed by atoms with Crippen molar-refractivity contribution in [2.45, 2.75) is 401 Å². The molecule has 7 nitrogen and oxygen atoms in total. The van der Waals surface area contributed by atoms with E-state index in [0.717, 1.165) is 96.5 Å². The topological polar surface area (TPSA) is 90.9 Å². The number of allylic oxidation sites excluding steroid dienone is 1. The van der Waals surface area contributed by atoms with Crippen molar-refractivity contribution >= 4 is 17.7 Å². The van der Waals surface area contributed by atoms with Gasteiger partial charge in [-0.05, 0) is 76.0 Å². The van der Waals surface area contributed by atoms with Crippen LogP contribution >= 0.6 is 0 Å². The first-order chi connectivity index (χ1) is 38.8. The lowest BCUT2D eigenvalue weighted by molar-refractivity contribution is -0.144. The molecule has 0 spiro atoms. The van der Waals surface area contributed by atoms with E-state index < -0.39 is 0 Å². The number of Topliss-reactive ketones (excluding diaryl/α,β-unsaturated/α-hetero) is 1. The average Bonchev–Trinajstić information content (AvgIpc) is 3.44. The molecule has 0 radical (unpaired) electrons. The van der Waals surface area contributed by atoms with E-state index >= 15 is 0 Å². The number of carbonyl (C=O) groups excluding carboxylic acids is 3. The van der Waals surface area contributed by atoms with Gasteiger partial charge in [0.25, 0.3) is 0 Å². The highest BCUT2D eigenvalue weighted by Crippen LogP contribution is 2.23. The number of esters is 2. The summed E-state index contributed by atoms with van der Waals surface area (Å²) in [5.74, 6) is 1.65. The zero-order valence-corrected chi connectivity index (χ0v) is 54.6. The fraction of sp³-hybridized carbons (Fsp3) is 0.931. The fourth-order valence-corrected chi connectivity index (χ4v) is 11.0. The highest BCUT2D eigenvalue weighted by molar-refractivity contribution is 5.81. The highest BCUT2D eigenvalue weighted by Gasteiger charge is 2.13. The quantitative estimate of drug-likeness (QED) is 0.0281. The van der Waals surface area contributed by atoms with E-state index in [9.17, 15) is 14.4 Å². The van der Waals surface area contributed by atoms with Crippen LogP contribution in [0.15, 0.2) is 12.2 Å². The number of hydrogen-bond donors (Lipinski definition) is 1. The van der Waals surface area contributed by atoms with E-state index in [2.05, 4.69) is 53.9 Å². The van der Waals surface area contributed by atoms with Crippen molar-refractivity contribution in [1.82, 2.24) is 5.48 Å². The van der Waals surface area contributed by atoms with E-state index in [-0.39, 0.29) is 11.9 Å². The molecule has 1 unspecified atom stereocenters. The summed E-state index contributed by atoms with van der Waals surface area (Å²) >= 11 is 0. The zero-order chi connectivity index (χ0) is 58.0. The van der Waals surface area contributed by atoms with Gasteiger partial charge in [0.15, 0.2) is 0 Å².